The highest BCUT2D eigenvalue weighted by molar-refractivity contribution is 7.89. The van der Waals surface area contributed by atoms with Gasteiger partial charge in [-0.15, -0.1) is 0 Å². The van der Waals surface area contributed by atoms with Crippen LogP contribution in [0.2, 0.25) is 0 Å². The second kappa shape index (κ2) is 9.09. The quantitative estimate of drug-likeness (QED) is 0.712. The molecule has 2 aromatic carbocycles. The Morgan fingerprint density at radius 3 is 2.53 bits per heavy atom. The van der Waals surface area contributed by atoms with Gasteiger partial charge in [-0.05, 0) is 62.2 Å². The number of amides is 1. The zero-order valence-corrected chi connectivity index (χ0v) is 19.2. The molecule has 1 fully saturated rings. The van der Waals surface area contributed by atoms with E-state index in [1.54, 1.807) is 12.1 Å². The van der Waals surface area contributed by atoms with E-state index in [0.29, 0.717) is 13.2 Å². The summed E-state index contributed by atoms with van der Waals surface area (Å²) < 4.78 is 34.3. The lowest BCUT2D eigenvalue weighted by molar-refractivity contribution is -0.133. The minimum atomic E-state index is -3.73. The number of carbonyl (C=O) groups is 1. The van der Waals surface area contributed by atoms with E-state index in [4.69, 9.17) is 14.6 Å². The molecule has 2 aliphatic heterocycles. The lowest BCUT2D eigenvalue weighted by Gasteiger charge is -2.30. The van der Waals surface area contributed by atoms with E-state index in [2.05, 4.69) is 0 Å². The van der Waals surface area contributed by atoms with Crippen LogP contribution in [-0.2, 0) is 14.8 Å². The fourth-order valence-electron chi connectivity index (χ4n) is 4.31. The minimum Gasteiger partial charge on any atom is -0.486 e. The number of rotatable bonds is 6. The van der Waals surface area contributed by atoms with E-state index in [-0.39, 0.29) is 29.4 Å². The number of ether oxygens (including phenoxy) is 2. The Labute approximate surface area is 189 Å². The number of nitrogens with two attached hydrogens (primary N) is 1. The molecule has 172 valence electrons. The highest BCUT2D eigenvalue weighted by atomic mass is 32.2. The third kappa shape index (κ3) is 4.74. The van der Waals surface area contributed by atoms with Crippen molar-refractivity contribution in [1.82, 2.24) is 9.80 Å². The summed E-state index contributed by atoms with van der Waals surface area (Å²) in [5.74, 6) is 1.55. The number of benzene rings is 2. The predicted molar refractivity (Wildman–Crippen MR) is 120 cm³/mol. The monoisotopic (exact) mass is 459 g/mol. The van der Waals surface area contributed by atoms with Gasteiger partial charge in [0, 0.05) is 12.6 Å². The normalized spacial score (nSPS) is 19.2. The molecule has 1 amide bonds. The molecule has 0 radical (unpaired) electrons. The molecule has 0 spiro atoms. The third-order valence-corrected chi connectivity index (χ3v) is 7.19. The Bertz CT molecular complexity index is 1090. The molecule has 32 heavy (non-hydrogen) atoms. The zero-order chi connectivity index (χ0) is 22.9. The fraction of sp³-hybridized carbons (Fsp3) is 0.435. The van der Waals surface area contributed by atoms with Gasteiger partial charge in [-0.3, -0.25) is 9.69 Å². The van der Waals surface area contributed by atoms with Crippen molar-refractivity contribution in [3.05, 3.63) is 53.6 Å². The number of fused-ring (bicyclic) bond motifs is 1. The number of sulfonamides is 1. The Morgan fingerprint density at radius 2 is 1.84 bits per heavy atom. The summed E-state index contributed by atoms with van der Waals surface area (Å²) in [5, 5.41) is 5.17. The molecule has 0 aliphatic carbocycles. The highest BCUT2D eigenvalue weighted by Gasteiger charge is 2.31. The summed E-state index contributed by atoms with van der Waals surface area (Å²) in [5.41, 5.74) is 1.98. The second-order valence-corrected chi connectivity index (χ2v) is 9.91. The van der Waals surface area contributed by atoms with Crippen molar-refractivity contribution in [2.45, 2.75) is 36.7 Å². The standard InChI is InChI=1S/C23H29N3O5S/c1-16(17-5-8-19(9-6-17)32(24,28)29)25(2)15-23(27)26-11-3-4-20(26)18-7-10-21-22(14-18)31-13-12-30-21/h5-10,14,16,20H,3-4,11-13,15H2,1-2H3,(H2,24,28,29)/t16-,20+/m0/s1. The van der Waals surface area contributed by atoms with Crippen LogP contribution in [0.15, 0.2) is 47.4 Å². The molecule has 2 aromatic rings. The summed E-state index contributed by atoms with van der Waals surface area (Å²) >= 11 is 0. The number of carbonyl (C=O) groups excluding carboxylic acids is 1. The van der Waals surface area contributed by atoms with Crippen molar-refractivity contribution < 1.29 is 22.7 Å². The van der Waals surface area contributed by atoms with Crippen LogP contribution < -0.4 is 14.6 Å². The van der Waals surface area contributed by atoms with Crippen molar-refractivity contribution in [2.75, 3.05) is 33.4 Å². The summed E-state index contributed by atoms with van der Waals surface area (Å²) in [6, 6.07) is 12.3. The second-order valence-electron chi connectivity index (χ2n) is 8.35. The van der Waals surface area contributed by atoms with Crippen molar-refractivity contribution >= 4 is 15.9 Å². The molecule has 2 aliphatic rings. The lowest BCUT2D eigenvalue weighted by Crippen LogP contribution is -2.39. The van der Waals surface area contributed by atoms with Gasteiger partial charge in [0.25, 0.3) is 0 Å². The average molecular weight is 460 g/mol. The number of primary sulfonamides is 1. The van der Waals surface area contributed by atoms with Crippen molar-refractivity contribution in [3.63, 3.8) is 0 Å². The van der Waals surface area contributed by atoms with Crippen LogP contribution in [0.3, 0.4) is 0 Å². The topological polar surface area (TPSA) is 102 Å². The van der Waals surface area contributed by atoms with E-state index in [1.165, 1.54) is 12.1 Å². The number of nitrogens with zero attached hydrogens (tertiary/aromatic N) is 2. The minimum absolute atomic E-state index is 0.0241. The van der Waals surface area contributed by atoms with Gasteiger partial charge in [0.1, 0.15) is 13.2 Å². The first-order chi connectivity index (χ1) is 15.2. The van der Waals surface area contributed by atoms with Gasteiger partial charge in [0.2, 0.25) is 15.9 Å². The molecule has 2 heterocycles. The van der Waals surface area contributed by atoms with Crippen LogP contribution in [0, 0.1) is 0 Å². The van der Waals surface area contributed by atoms with Crippen molar-refractivity contribution in [2.24, 2.45) is 5.14 Å². The molecule has 0 unspecified atom stereocenters. The van der Waals surface area contributed by atoms with E-state index in [0.717, 1.165) is 42.0 Å². The third-order valence-electron chi connectivity index (χ3n) is 6.26. The molecule has 8 nitrogen and oxygen atoms in total. The highest BCUT2D eigenvalue weighted by Crippen LogP contribution is 2.38. The summed E-state index contributed by atoms with van der Waals surface area (Å²) in [6.45, 7) is 4.06. The first-order valence-electron chi connectivity index (χ1n) is 10.8. The Hall–Kier alpha value is -2.62. The van der Waals surface area contributed by atoms with Crippen LogP contribution in [0.4, 0.5) is 0 Å². The Morgan fingerprint density at radius 1 is 1.16 bits per heavy atom. The van der Waals surface area contributed by atoms with Gasteiger partial charge >= 0.3 is 0 Å². The first kappa shape index (κ1) is 22.6. The molecule has 2 N–H and O–H groups in total. The van der Waals surface area contributed by atoms with Crippen LogP contribution in [0.1, 0.15) is 43.0 Å². The number of hydrogen-bond acceptors (Lipinski definition) is 6. The number of hydrogen-bond donors (Lipinski definition) is 1. The largest absolute Gasteiger partial charge is 0.486 e. The summed E-state index contributed by atoms with van der Waals surface area (Å²) in [4.78, 5) is 17.2. The molecular formula is C23H29N3O5S. The van der Waals surface area contributed by atoms with Gasteiger partial charge in [0.05, 0.1) is 17.5 Å². The Kier molecular flexibility index (Phi) is 6.41. The van der Waals surface area contributed by atoms with Crippen LogP contribution in [-0.4, -0.2) is 57.5 Å². The van der Waals surface area contributed by atoms with E-state index < -0.39 is 10.0 Å². The summed E-state index contributed by atoms with van der Waals surface area (Å²) in [7, 11) is -1.83. The van der Waals surface area contributed by atoms with E-state index >= 15 is 0 Å². The maximum Gasteiger partial charge on any atom is 0.238 e. The molecule has 2 atom stereocenters. The molecule has 0 bridgehead atoms. The molecule has 1 saturated heterocycles. The predicted octanol–water partition coefficient (Wildman–Crippen LogP) is 2.46. The van der Waals surface area contributed by atoms with Gasteiger partial charge in [-0.2, -0.15) is 0 Å². The molecule has 9 heteroatoms. The van der Waals surface area contributed by atoms with Crippen molar-refractivity contribution in [3.8, 4) is 11.5 Å². The van der Waals surface area contributed by atoms with Crippen LogP contribution in [0.25, 0.3) is 0 Å². The average Bonchev–Trinajstić information content (AvgIpc) is 3.28. The van der Waals surface area contributed by atoms with E-state index in [1.807, 2.05) is 42.0 Å². The maximum absolute atomic E-state index is 13.2. The van der Waals surface area contributed by atoms with E-state index in [9.17, 15) is 13.2 Å². The molecule has 0 saturated carbocycles. The van der Waals surface area contributed by atoms with Crippen LogP contribution in [0.5, 0.6) is 11.5 Å². The van der Waals surface area contributed by atoms with Gasteiger partial charge in [0.15, 0.2) is 11.5 Å². The summed E-state index contributed by atoms with van der Waals surface area (Å²) in [6.07, 6.45) is 1.87. The van der Waals surface area contributed by atoms with Gasteiger partial charge < -0.3 is 14.4 Å². The van der Waals surface area contributed by atoms with Crippen molar-refractivity contribution in [1.29, 1.82) is 0 Å². The number of likely N-dealkylation sites (N-methyl/N-ethyl adjacent to an activating group) is 1. The van der Waals surface area contributed by atoms with Gasteiger partial charge in [-0.25, -0.2) is 13.6 Å². The smallest absolute Gasteiger partial charge is 0.238 e. The first-order valence-corrected chi connectivity index (χ1v) is 12.3. The molecule has 4 rings (SSSR count). The SMILES string of the molecule is C[C@@H](c1ccc(S(N)(=O)=O)cc1)N(C)CC(=O)N1CCC[C@@H]1c1ccc2c(c1)OCCO2. The maximum atomic E-state index is 13.2. The molecule has 0 aromatic heterocycles. The molecular weight excluding hydrogens is 430 g/mol. The lowest BCUT2D eigenvalue weighted by atomic mass is 10.0. The Balaban J connectivity index is 1.43. The number of likely N-dealkylation sites (tertiary alicyclic amines) is 1. The van der Waals surface area contributed by atoms with Gasteiger partial charge in [-0.1, -0.05) is 18.2 Å². The fourth-order valence-corrected chi connectivity index (χ4v) is 4.83. The van der Waals surface area contributed by atoms with Crippen LogP contribution >= 0.6 is 0 Å². The zero-order valence-electron chi connectivity index (χ0n) is 18.4.